The number of carbonyl (C=O) groups is 1. The van der Waals surface area contributed by atoms with Gasteiger partial charge in [-0.2, -0.15) is 0 Å². The second kappa shape index (κ2) is 3.73. The van der Waals surface area contributed by atoms with E-state index in [0.29, 0.717) is 0 Å². The van der Waals surface area contributed by atoms with Gasteiger partial charge in [-0.3, -0.25) is 10.1 Å². The number of nitrogens with zero attached hydrogens (tertiary/aromatic N) is 1. The molecule has 1 aromatic carbocycles. The quantitative estimate of drug-likeness (QED) is 0.617. The molecule has 0 heterocycles. The lowest BCUT2D eigenvalue weighted by Gasteiger charge is -2.15. The lowest BCUT2D eigenvalue weighted by Crippen LogP contribution is -2.19. The molecular weight excluding hydrogens is 224 g/mol. The summed E-state index contributed by atoms with van der Waals surface area (Å²) in [5.41, 5.74) is -0.369. The monoisotopic (exact) mass is 236 g/mol. The number of benzene rings is 1. The van der Waals surface area contributed by atoms with Crippen LogP contribution < -0.4 is 5.32 Å². The Balaban J connectivity index is 2.49. The first kappa shape index (κ1) is 11.4. The lowest BCUT2D eigenvalue weighted by atomic mass is 10.1. The largest absolute Gasteiger partial charge is 0.478 e. The maximum absolute atomic E-state index is 11.0. The molecule has 2 rings (SSSR count). The summed E-state index contributed by atoms with van der Waals surface area (Å²) in [6.45, 7) is 1.91. The minimum atomic E-state index is -1.17. The van der Waals surface area contributed by atoms with Crippen molar-refractivity contribution in [3.63, 3.8) is 0 Å². The van der Waals surface area contributed by atoms with Gasteiger partial charge in [-0.25, -0.2) is 4.79 Å². The summed E-state index contributed by atoms with van der Waals surface area (Å²) in [7, 11) is 0. The summed E-state index contributed by atoms with van der Waals surface area (Å²) in [5.74, 6) is -1.17. The van der Waals surface area contributed by atoms with Crippen molar-refractivity contribution in [2.45, 2.75) is 25.3 Å². The fraction of sp³-hybridized carbons (Fsp3) is 0.364. The van der Waals surface area contributed by atoms with Crippen LogP contribution in [0.2, 0.25) is 0 Å². The topological polar surface area (TPSA) is 92.5 Å². The first-order valence-corrected chi connectivity index (χ1v) is 5.22. The Morgan fingerprint density at radius 2 is 2.18 bits per heavy atom. The van der Waals surface area contributed by atoms with Crippen LogP contribution in [0.15, 0.2) is 18.2 Å². The van der Waals surface area contributed by atoms with Gasteiger partial charge in [0.25, 0.3) is 5.69 Å². The van der Waals surface area contributed by atoms with Crippen LogP contribution in [0.5, 0.6) is 0 Å². The van der Waals surface area contributed by atoms with Crippen LogP contribution in [0.4, 0.5) is 11.4 Å². The van der Waals surface area contributed by atoms with Crippen LogP contribution >= 0.6 is 0 Å². The number of hydrogen-bond donors (Lipinski definition) is 2. The Morgan fingerprint density at radius 3 is 2.65 bits per heavy atom. The number of nitro benzene ring substituents is 1. The molecule has 17 heavy (non-hydrogen) atoms. The number of rotatable bonds is 4. The number of hydrogen-bond acceptors (Lipinski definition) is 4. The Labute approximate surface area is 97.4 Å². The van der Waals surface area contributed by atoms with Crippen LogP contribution in [0, 0.1) is 10.1 Å². The van der Waals surface area contributed by atoms with E-state index in [1.54, 1.807) is 0 Å². The van der Waals surface area contributed by atoms with Gasteiger partial charge in [0.2, 0.25) is 0 Å². The second-order valence-corrected chi connectivity index (χ2v) is 4.45. The molecular formula is C11H12N2O4. The van der Waals surface area contributed by atoms with E-state index >= 15 is 0 Å². The fourth-order valence-electron chi connectivity index (χ4n) is 1.62. The highest BCUT2D eigenvalue weighted by molar-refractivity contribution is 5.97. The van der Waals surface area contributed by atoms with E-state index in [1.807, 2.05) is 6.92 Å². The maximum Gasteiger partial charge on any atom is 0.338 e. The van der Waals surface area contributed by atoms with E-state index in [9.17, 15) is 14.9 Å². The number of carboxylic acid groups (broad SMARTS) is 1. The van der Waals surface area contributed by atoms with Crippen molar-refractivity contribution < 1.29 is 14.8 Å². The van der Waals surface area contributed by atoms with Gasteiger partial charge in [-0.1, -0.05) is 6.07 Å². The average molecular weight is 236 g/mol. The summed E-state index contributed by atoms with van der Waals surface area (Å²) in [6.07, 6.45) is 1.77. The SMILES string of the molecule is CC1(Nc2c(C(=O)O)cccc2[N+](=O)[O-])CC1. The van der Waals surface area contributed by atoms with E-state index in [1.165, 1.54) is 18.2 Å². The molecule has 0 bridgehead atoms. The number of aromatic carboxylic acids is 1. The minimum absolute atomic E-state index is 0.0627. The lowest BCUT2D eigenvalue weighted by molar-refractivity contribution is -0.384. The molecule has 0 spiro atoms. The van der Waals surface area contributed by atoms with Crippen LogP contribution in [-0.4, -0.2) is 21.5 Å². The summed E-state index contributed by atoms with van der Waals surface area (Å²) < 4.78 is 0. The molecule has 6 nitrogen and oxygen atoms in total. The predicted molar refractivity (Wildman–Crippen MR) is 61.3 cm³/mol. The molecule has 0 saturated heterocycles. The molecule has 0 aromatic heterocycles. The molecule has 90 valence electrons. The van der Waals surface area contributed by atoms with E-state index in [0.717, 1.165) is 12.8 Å². The fourth-order valence-corrected chi connectivity index (χ4v) is 1.62. The number of para-hydroxylation sites is 1. The van der Waals surface area contributed by atoms with Crippen molar-refractivity contribution in [1.29, 1.82) is 0 Å². The first-order valence-electron chi connectivity index (χ1n) is 5.22. The van der Waals surface area contributed by atoms with Gasteiger partial charge in [-0.05, 0) is 25.8 Å². The molecule has 0 aliphatic heterocycles. The molecule has 0 unspecified atom stereocenters. The molecule has 1 saturated carbocycles. The zero-order valence-electron chi connectivity index (χ0n) is 9.27. The van der Waals surface area contributed by atoms with Crippen LogP contribution in [-0.2, 0) is 0 Å². The van der Waals surface area contributed by atoms with Crippen LogP contribution in [0.3, 0.4) is 0 Å². The van der Waals surface area contributed by atoms with Crippen molar-refractivity contribution >= 4 is 17.3 Å². The van der Waals surface area contributed by atoms with E-state index in [-0.39, 0.29) is 22.5 Å². The highest BCUT2D eigenvalue weighted by Crippen LogP contribution is 2.41. The highest BCUT2D eigenvalue weighted by Gasteiger charge is 2.39. The van der Waals surface area contributed by atoms with E-state index in [4.69, 9.17) is 5.11 Å². The van der Waals surface area contributed by atoms with Gasteiger partial charge in [-0.15, -0.1) is 0 Å². The Hall–Kier alpha value is -2.11. The molecule has 0 amide bonds. The van der Waals surface area contributed by atoms with E-state index in [2.05, 4.69) is 5.32 Å². The highest BCUT2D eigenvalue weighted by atomic mass is 16.6. The van der Waals surface area contributed by atoms with Crippen molar-refractivity contribution in [3.05, 3.63) is 33.9 Å². The first-order chi connectivity index (χ1) is 7.93. The van der Waals surface area contributed by atoms with Gasteiger partial charge in [0.1, 0.15) is 5.69 Å². The summed E-state index contributed by atoms with van der Waals surface area (Å²) >= 11 is 0. The Kier molecular flexibility index (Phi) is 2.49. The molecule has 1 fully saturated rings. The number of nitrogens with one attached hydrogen (secondary N) is 1. The molecule has 0 radical (unpaired) electrons. The number of carboxylic acids is 1. The third-order valence-corrected chi connectivity index (χ3v) is 2.90. The molecule has 1 aliphatic carbocycles. The second-order valence-electron chi connectivity index (χ2n) is 4.45. The van der Waals surface area contributed by atoms with Gasteiger partial charge >= 0.3 is 5.97 Å². The molecule has 2 N–H and O–H groups in total. The zero-order chi connectivity index (χ0) is 12.6. The molecule has 0 atom stereocenters. The summed E-state index contributed by atoms with van der Waals surface area (Å²) in [5, 5.41) is 22.9. The van der Waals surface area contributed by atoms with Crippen molar-refractivity contribution in [2.24, 2.45) is 0 Å². The number of nitro groups is 1. The van der Waals surface area contributed by atoms with Crippen LogP contribution in [0.1, 0.15) is 30.1 Å². The normalized spacial score (nSPS) is 16.3. The molecule has 1 aromatic rings. The van der Waals surface area contributed by atoms with Gasteiger partial charge in [0, 0.05) is 11.6 Å². The number of anilines is 1. The predicted octanol–water partition coefficient (Wildman–Crippen LogP) is 2.26. The molecule has 1 aliphatic rings. The maximum atomic E-state index is 11.0. The van der Waals surface area contributed by atoms with E-state index < -0.39 is 10.9 Å². The zero-order valence-corrected chi connectivity index (χ0v) is 9.27. The van der Waals surface area contributed by atoms with Crippen molar-refractivity contribution in [1.82, 2.24) is 0 Å². The van der Waals surface area contributed by atoms with Gasteiger partial charge < -0.3 is 10.4 Å². The molecule has 6 heteroatoms. The summed E-state index contributed by atoms with van der Waals surface area (Å²) in [6, 6.07) is 4.05. The Bertz CT molecular complexity index is 462. The van der Waals surface area contributed by atoms with Crippen LogP contribution in [0.25, 0.3) is 0 Å². The standard InChI is InChI=1S/C11H12N2O4/c1-11(5-6-11)12-9-7(10(14)15)3-2-4-8(9)13(16)17/h2-4,12H,5-6H2,1H3,(H,14,15). The third-order valence-electron chi connectivity index (χ3n) is 2.90. The average Bonchev–Trinajstić information content (AvgIpc) is 2.95. The Morgan fingerprint density at radius 1 is 1.53 bits per heavy atom. The van der Waals surface area contributed by atoms with Crippen molar-refractivity contribution in [2.75, 3.05) is 5.32 Å². The minimum Gasteiger partial charge on any atom is -0.478 e. The van der Waals surface area contributed by atoms with Gasteiger partial charge in [0.05, 0.1) is 10.5 Å². The van der Waals surface area contributed by atoms with Crippen molar-refractivity contribution in [3.8, 4) is 0 Å². The third kappa shape index (κ3) is 2.20. The summed E-state index contributed by atoms with van der Waals surface area (Å²) in [4.78, 5) is 21.3. The smallest absolute Gasteiger partial charge is 0.338 e. The van der Waals surface area contributed by atoms with Gasteiger partial charge in [0.15, 0.2) is 0 Å².